The molecule has 0 radical (unpaired) electrons. The zero-order valence-corrected chi connectivity index (χ0v) is 15.3. The van der Waals surface area contributed by atoms with Gasteiger partial charge in [-0.05, 0) is 70.6 Å². The largest absolute Gasteiger partial charge is 0.325 e. The van der Waals surface area contributed by atoms with E-state index in [0.717, 1.165) is 19.3 Å². The molecular formula is C17H17BrN2O3S. The zero-order chi connectivity index (χ0) is 17.2. The number of halogens is 1. The summed E-state index contributed by atoms with van der Waals surface area (Å²) in [6, 6.07) is 12.3. The van der Waals surface area contributed by atoms with Crippen LogP contribution in [0.15, 0.2) is 51.8 Å². The van der Waals surface area contributed by atoms with Crippen LogP contribution < -0.4 is 10.0 Å². The fraction of sp³-hybridized carbons (Fsp3) is 0.235. The molecule has 0 spiro atoms. The summed E-state index contributed by atoms with van der Waals surface area (Å²) < 4.78 is 27.3. The number of anilines is 1. The second-order valence-electron chi connectivity index (χ2n) is 5.64. The Morgan fingerprint density at radius 1 is 1.08 bits per heavy atom. The number of carbonyl (C=O) groups is 1. The van der Waals surface area contributed by atoms with Gasteiger partial charge in [-0.25, -0.2) is 13.1 Å². The quantitative estimate of drug-likeness (QED) is 0.798. The van der Waals surface area contributed by atoms with E-state index in [1.165, 1.54) is 17.2 Å². The summed E-state index contributed by atoms with van der Waals surface area (Å²) in [5.41, 5.74) is 3.27. The number of sulfonamides is 1. The lowest BCUT2D eigenvalue weighted by molar-refractivity contribution is -0.115. The predicted octanol–water partition coefficient (Wildman–Crippen LogP) is 2.85. The first-order valence-corrected chi connectivity index (χ1v) is 9.89. The van der Waals surface area contributed by atoms with Gasteiger partial charge in [-0.15, -0.1) is 0 Å². The topological polar surface area (TPSA) is 75.3 Å². The smallest absolute Gasteiger partial charge is 0.242 e. The summed E-state index contributed by atoms with van der Waals surface area (Å²) in [6.07, 6.45) is 3.24. The van der Waals surface area contributed by atoms with Crippen LogP contribution >= 0.6 is 15.9 Å². The molecule has 0 aliphatic heterocycles. The highest BCUT2D eigenvalue weighted by molar-refractivity contribution is 9.10. The number of amides is 1. The van der Waals surface area contributed by atoms with Crippen molar-refractivity contribution in [3.05, 3.63) is 58.1 Å². The summed E-state index contributed by atoms with van der Waals surface area (Å²) in [5, 5.41) is 2.73. The summed E-state index contributed by atoms with van der Waals surface area (Å²) in [6.45, 7) is -0.319. The Balaban J connectivity index is 1.62. The molecule has 126 valence electrons. The Kier molecular flexibility index (Phi) is 5.03. The van der Waals surface area contributed by atoms with Gasteiger partial charge in [0.15, 0.2) is 0 Å². The lowest BCUT2D eigenvalue weighted by Gasteiger charge is -2.10. The van der Waals surface area contributed by atoms with Gasteiger partial charge in [0, 0.05) is 10.2 Å². The van der Waals surface area contributed by atoms with E-state index < -0.39 is 15.9 Å². The number of fused-ring (bicyclic) bond motifs is 1. The van der Waals surface area contributed by atoms with Gasteiger partial charge in [0.05, 0.1) is 11.4 Å². The molecule has 0 saturated heterocycles. The monoisotopic (exact) mass is 408 g/mol. The average molecular weight is 409 g/mol. The molecule has 1 amide bonds. The Bertz CT molecular complexity index is 881. The van der Waals surface area contributed by atoms with E-state index in [4.69, 9.17) is 0 Å². The van der Waals surface area contributed by atoms with Crippen LogP contribution in [-0.4, -0.2) is 20.9 Å². The second kappa shape index (κ2) is 7.04. The average Bonchev–Trinajstić information content (AvgIpc) is 3.01. The van der Waals surface area contributed by atoms with Crippen LogP contribution in [0.3, 0.4) is 0 Å². The Hall–Kier alpha value is -1.70. The Labute approximate surface area is 149 Å². The molecule has 0 aromatic heterocycles. The standard InChI is InChI=1S/C17H17BrN2O3S/c18-15-6-1-2-7-16(15)24(22,23)19-11-17(21)20-14-9-8-12-4-3-5-13(12)10-14/h1-2,6-10,19H,3-5,11H2,(H,20,21). The lowest BCUT2D eigenvalue weighted by atomic mass is 10.1. The fourth-order valence-electron chi connectivity index (χ4n) is 2.76. The first-order chi connectivity index (χ1) is 11.5. The zero-order valence-electron chi connectivity index (χ0n) is 12.9. The molecule has 24 heavy (non-hydrogen) atoms. The normalized spacial score (nSPS) is 13.5. The third-order valence-corrected chi connectivity index (χ3v) is 6.34. The highest BCUT2D eigenvalue weighted by Gasteiger charge is 2.18. The van der Waals surface area contributed by atoms with E-state index in [0.29, 0.717) is 10.2 Å². The molecule has 3 rings (SSSR count). The van der Waals surface area contributed by atoms with Crippen LogP contribution in [0.4, 0.5) is 5.69 Å². The molecule has 1 aliphatic rings. The van der Waals surface area contributed by atoms with Crippen LogP contribution in [0.1, 0.15) is 17.5 Å². The number of rotatable bonds is 5. The van der Waals surface area contributed by atoms with Crippen LogP contribution in [0, 0.1) is 0 Å². The van der Waals surface area contributed by atoms with Gasteiger partial charge in [-0.3, -0.25) is 4.79 Å². The molecule has 7 heteroatoms. The van der Waals surface area contributed by atoms with Crippen molar-refractivity contribution in [2.24, 2.45) is 0 Å². The van der Waals surface area contributed by atoms with Gasteiger partial charge >= 0.3 is 0 Å². The van der Waals surface area contributed by atoms with Crippen molar-refractivity contribution in [1.82, 2.24) is 4.72 Å². The van der Waals surface area contributed by atoms with Gasteiger partial charge < -0.3 is 5.32 Å². The maximum absolute atomic E-state index is 12.2. The summed E-state index contributed by atoms with van der Waals surface area (Å²) in [7, 11) is -3.75. The number of hydrogen-bond acceptors (Lipinski definition) is 3. The molecule has 2 aromatic carbocycles. The van der Waals surface area contributed by atoms with Crippen molar-refractivity contribution in [1.29, 1.82) is 0 Å². The van der Waals surface area contributed by atoms with E-state index in [1.54, 1.807) is 18.2 Å². The molecule has 5 nitrogen and oxygen atoms in total. The van der Waals surface area contributed by atoms with Crippen molar-refractivity contribution in [3.8, 4) is 0 Å². The fourth-order valence-corrected chi connectivity index (χ4v) is 4.74. The highest BCUT2D eigenvalue weighted by Crippen LogP contribution is 2.25. The van der Waals surface area contributed by atoms with Crippen LogP contribution in [-0.2, 0) is 27.7 Å². The summed E-state index contributed by atoms with van der Waals surface area (Å²) in [4.78, 5) is 12.1. The minimum Gasteiger partial charge on any atom is -0.325 e. The van der Waals surface area contributed by atoms with Gasteiger partial charge in [0.2, 0.25) is 15.9 Å². The van der Waals surface area contributed by atoms with E-state index >= 15 is 0 Å². The molecular weight excluding hydrogens is 392 g/mol. The molecule has 2 N–H and O–H groups in total. The molecule has 0 saturated carbocycles. The van der Waals surface area contributed by atoms with Crippen molar-refractivity contribution >= 4 is 37.5 Å². The number of nitrogens with one attached hydrogen (secondary N) is 2. The lowest BCUT2D eigenvalue weighted by Crippen LogP contribution is -2.33. The summed E-state index contributed by atoms with van der Waals surface area (Å²) >= 11 is 3.20. The molecule has 2 aromatic rings. The van der Waals surface area contributed by atoms with Crippen molar-refractivity contribution in [3.63, 3.8) is 0 Å². The molecule has 0 atom stereocenters. The maximum atomic E-state index is 12.2. The van der Waals surface area contributed by atoms with Gasteiger partial charge in [0.1, 0.15) is 0 Å². The van der Waals surface area contributed by atoms with Crippen LogP contribution in [0.2, 0.25) is 0 Å². The van der Waals surface area contributed by atoms with Gasteiger partial charge in [0.25, 0.3) is 0 Å². The van der Waals surface area contributed by atoms with Gasteiger partial charge in [-0.2, -0.15) is 0 Å². The van der Waals surface area contributed by atoms with Crippen LogP contribution in [0.5, 0.6) is 0 Å². The predicted molar refractivity (Wildman–Crippen MR) is 96.4 cm³/mol. The van der Waals surface area contributed by atoms with E-state index in [-0.39, 0.29) is 11.4 Å². The third-order valence-electron chi connectivity index (χ3n) is 3.93. The first kappa shape index (κ1) is 17.1. The molecule has 0 unspecified atom stereocenters. The molecule has 0 fully saturated rings. The summed E-state index contributed by atoms with van der Waals surface area (Å²) in [5.74, 6) is -0.399. The number of benzene rings is 2. The molecule has 1 aliphatic carbocycles. The van der Waals surface area contributed by atoms with Gasteiger partial charge in [-0.1, -0.05) is 18.2 Å². The SMILES string of the molecule is O=C(CNS(=O)(=O)c1ccccc1Br)Nc1ccc2c(c1)CCC2. The maximum Gasteiger partial charge on any atom is 0.242 e. The van der Waals surface area contributed by atoms with Crippen molar-refractivity contribution in [2.45, 2.75) is 24.2 Å². The minimum atomic E-state index is -3.75. The van der Waals surface area contributed by atoms with Crippen LogP contribution in [0.25, 0.3) is 0 Å². The van der Waals surface area contributed by atoms with E-state index in [1.807, 2.05) is 18.2 Å². The first-order valence-electron chi connectivity index (χ1n) is 7.61. The highest BCUT2D eigenvalue weighted by atomic mass is 79.9. The molecule has 0 bridgehead atoms. The molecule has 0 heterocycles. The van der Waals surface area contributed by atoms with E-state index in [2.05, 4.69) is 26.0 Å². The van der Waals surface area contributed by atoms with Crippen molar-refractivity contribution in [2.75, 3.05) is 11.9 Å². The Morgan fingerprint density at radius 3 is 2.62 bits per heavy atom. The van der Waals surface area contributed by atoms with Crippen molar-refractivity contribution < 1.29 is 13.2 Å². The second-order valence-corrected chi connectivity index (χ2v) is 8.23. The third kappa shape index (κ3) is 3.85. The van der Waals surface area contributed by atoms with E-state index in [9.17, 15) is 13.2 Å². The minimum absolute atomic E-state index is 0.107. The number of hydrogen-bond donors (Lipinski definition) is 2. The number of aryl methyl sites for hydroxylation is 2. The number of carbonyl (C=O) groups excluding carboxylic acids is 1. The Morgan fingerprint density at radius 2 is 1.83 bits per heavy atom.